The van der Waals surface area contributed by atoms with Crippen LogP contribution in [0.3, 0.4) is 0 Å². The third-order valence-corrected chi connectivity index (χ3v) is 5.36. The minimum atomic E-state index is -4.59. The molecule has 1 heterocycles. The third kappa shape index (κ3) is 6.80. The lowest BCUT2D eigenvalue weighted by Gasteiger charge is -2.35. The number of nitro groups is 1. The molecule has 1 atom stereocenters. The van der Waals surface area contributed by atoms with Crippen LogP contribution < -0.4 is 10.1 Å². The van der Waals surface area contributed by atoms with Gasteiger partial charge in [0.15, 0.2) is 6.61 Å². The molecule has 12 heteroatoms. The predicted octanol–water partition coefficient (Wildman–Crippen LogP) is 3.99. The van der Waals surface area contributed by atoms with Crippen molar-refractivity contribution in [2.45, 2.75) is 12.2 Å². The van der Waals surface area contributed by atoms with E-state index < -0.39 is 34.9 Å². The monoisotopic (exact) mass is 487 g/mol. The minimum absolute atomic E-state index is 0.0629. The fraction of sp³-hybridized carbons (Fsp3) is 0.381. The lowest BCUT2D eigenvalue weighted by atomic mass is 10.0. The van der Waals surface area contributed by atoms with Crippen LogP contribution in [0.4, 0.5) is 18.9 Å². The molecule has 1 saturated heterocycles. The summed E-state index contributed by atoms with van der Waals surface area (Å²) in [6.45, 7) is 0.655. The summed E-state index contributed by atoms with van der Waals surface area (Å²) in [5.41, 5.74) is -0.190. The molecule has 0 aliphatic carbocycles. The Morgan fingerprint density at radius 2 is 1.94 bits per heavy atom. The van der Waals surface area contributed by atoms with Crippen molar-refractivity contribution in [3.8, 4) is 5.75 Å². The number of amides is 1. The van der Waals surface area contributed by atoms with Crippen molar-refractivity contribution in [2.75, 3.05) is 39.5 Å². The summed E-state index contributed by atoms with van der Waals surface area (Å²) in [4.78, 5) is 25.5. The number of halogens is 4. The largest absolute Gasteiger partial charge is 0.484 e. The smallest absolute Gasteiger partial charge is 0.422 e. The summed E-state index contributed by atoms with van der Waals surface area (Å²) in [6, 6.07) is 9.67. The van der Waals surface area contributed by atoms with Crippen molar-refractivity contribution in [3.05, 3.63) is 68.7 Å². The topological polar surface area (TPSA) is 93.9 Å². The molecule has 0 radical (unpaired) electrons. The number of benzene rings is 2. The maximum absolute atomic E-state index is 12.9. The van der Waals surface area contributed by atoms with Gasteiger partial charge in [0.25, 0.3) is 11.6 Å². The molecular formula is C21H21ClF3N3O5. The second kappa shape index (κ2) is 10.8. The van der Waals surface area contributed by atoms with E-state index in [1.54, 1.807) is 12.1 Å². The molecule has 1 aliphatic rings. The van der Waals surface area contributed by atoms with Crippen LogP contribution in [0.5, 0.6) is 5.75 Å². The first-order valence-corrected chi connectivity index (χ1v) is 10.4. The third-order valence-electron chi connectivity index (χ3n) is 5.02. The van der Waals surface area contributed by atoms with Crippen LogP contribution in [0.25, 0.3) is 0 Å². The number of nitrogens with zero attached hydrogens (tertiary/aromatic N) is 2. The Bertz CT molecular complexity index is 999. The van der Waals surface area contributed by atoms with E-state index in [1.807, 2.05) is 12.1 Å². The maximum atomic E-state index is 12.9. The molecule has 8 nitrogen and oxygen atoms in total. The van der Waals surface area contributed by atoms with E-state index >= 15 is 0 Å². The highest BCUT2D eigenvalue weighted by Gasteiger charge is 2.30. The van der Waals surface area contributed by atoms with Crippen molar-refractivity contribution < 1.29 is 32.4 Å². The molecule has 1 aliphatic heterocycles. The van der Waals surface area contributed by atoms with Crippen LogP contribution in [0.2, 0.25) is 5.02 Å². The van der Waals surface area contributed by atoms with E-state index in [1.165, 1.54) is 0 Å². The number of alkyl halides is 3. The zero-order valence-electron chi connectivity index (χ0n) is 17.3. The number of nitro benzene ring substituents is 1. The molecule has 33 heavy (non-hydrogen) atoms. The van der Waals surface area contributed by atoms with Crippen molar-refractivity contribution in [1.82, 2.24) is 10.2 Å². The van der Waals surface area contributed by atoms with E-state index in [2.05, 4.69) is 15.0 Å². The molecule has 0 spiro atoms. The average molecular weight is 488 g/mol. The molecule has 1 amide bonds. The molecule has 2 aromatic carbocycles. The van der Waals surface area contributed by atoms with Gasteiger partial charge in [-0.3, -0.25) is 19.8 Å². The molecule has 2 aromatic rings. The van der Waals surface area contributed by atoms with Crippen LogP contribution in [-0.2, 0) is 4.74 Å². The van der Waals surface area contributed by atoms with Crippen molar-refractivity contribution >= 4 is 23.2 Å². The van der Waals surface area contributed by atoms with Crippen LogP contribution in [0.15, 0.2) is 42.5 Å². The summed E-state index contributed by atoms with van der Waals surface area (Å²) in [5.74, 6) is -1.12. The standard InChI is InChI=1S/C21H21ClF3N3O5/c22-17-4-2-1-3-15(17)19(27-7-9-32-10-8-27)12-26-20(29)16-11-14(33-13-21(23,24)25)5-6-18(16)28(30)31/h1-6,11,19H,7-10,12-13H2,(H,26,29). The van der Waals surface area contributed by atoms with E-state index in [0.29, 0.717) is 31.3 Å². The Morgan fingerprint density at radius 1 is 1.24 bits per heavy atom. The molecule has 0 bridgehead atoms. The first-order chi connectivity index (χ1) is 15.7. The Kier molecular flexibility index (Phi) is 8.11. The van der Waals surface area contributed by atoms with Gasteiger partial charge < -0.3 is 14.8 Å². The Hall–Kier alpha value is -2.89. The summed E-state index contributed by atoms with van der Waals surface area (Å²) >= 11 is 6.36. The van der Waals surface area contributed by atoms with E-state index in [9.17, 15) is 28.1 Å². The van der Waals surface area contributed by atoms with E-state index in [4.69, 9.17) is 16.3 Å². The van der Waals surface area contributed by atoms with Gasteiger partial charge in [0.05, 0.1) is 24.2 Å². The fourth-order valence-corrected chi connectivity index (χ4v) is 3.73. The molecule has 1 N–H and O–H groups in total. The van der Waals surface area contributed by atoms with Gasteiger partial charge in [-0.05, 0) is 23.8 Å². The molecule has 1 fully saturated rings. The normalized spacial score (nSPS) is 15.6. The Balaban J connectivity index is 1.81. The number of nitrogens with one attached hydrogen (secondary N) is 1. The lowest BCUT2D eigenvalue weighted by Crippen LogP contribution is -2.44. The van der Waals surface area contributed by atoms with E-state index in [-0.39, 0.29) is 18.3 Å². The van der Waals surface area contributed by atoms with Gasteiger partial charge in [0, 0.05) is 30.7 Å². The summed E-state index contributed by atoms with van der Waals surface area (Å²) in [5, 5.41) is 14.5. The Morgan fingerprint density at radius 3 is 2.58 bits per heavy atom. The molecule has 178 valence electrons. The second-order valence-corrected chi connectivity index (χ2v) is 7.64. The van der Waals surface area contributed by atoms with Gasteiger partial charge in [-0.1, -0.05) is 29.8 Å². The van der Waals surface area contributed by atoms with E-state index in [0.717, 1.165) is 23.8 Å². The zero-order chi connectivity index (χ0) is 24.0. The van der Waals surface area contributed by atoms with Crippen LogP contribution in [-0.4, -0.2) is 61.4 Å². The summed E-state index contributed by atoms with van der Waals surface area (Å²) in [7, 11) is 0. The van der Waals surface area contributed by atoms with Gasteiger partial charge in [-0.25, -0.2) is 0 Å². The number of carbonyl (C=O) groups is 1. The van der Waals surface area contributed by atoms with Gasteiger partial charge >= 0.3 is 6.18 Å². The summed E-state index contributed by atoms with van der Waals surface area (Å²) in [6.07, 6.45) is -4.59. The minimum Gasteiger partial charge on any atom is -0.484 e. The van der Waals surface area contributed by atoms with Gasteiger partial charge in [0.1, 0.15) is 11.3 Å². The molecule has 3 rings (SSSR count). The maximum Gasteiger partial charge on any atom is 0.422 e. The van der Waals surface area contributed by atoms with Crippen LogP contribution >= 0.6 is 11.6 Å². The quantitative estimate of drug-likeness (QED) is 0.447. The van der Waals surface area contributed by atoms with Gasteiger partial charge in [0.2, 0.25) is 0 Å². The molecule has 0 aromatic heterocycles. The van der Waals surface area contributed by atoms with Crippen molar-refractivity contribution in [2.24, 2.45) is 0 Å². The molecular weight excluding hydrogens is 467 g/mol. The molecule has 0 saturated carbocycles. The highest BCUT2D eigenvalue weighted by molar-refractivity contribution is 6.31. The average Bonchev–Trinajstić information content (AvgIpc) is 2.78. The number of rotatable bonds is 8. The van der Waals surface area contributed by atoms with Crippen LogP contribution in [0, 0.1) is 10.1 Å². The van der Waals surface area contributed by atoms with Crippen molar-refractivity contribution in [1.29, 1.82) is 0 Å². The van der Waals surface area contributed by atoms with Gasteiger partial charge in [-0.2, -0.15) is 13.2 Å². The fourth-order valence-electron chi connectivity index (χ4n) is 3.47. The predicted molar refractivity (Wildman–Crippen MR) is 114 cm³/mol. The zero-order valence-corrected chi connectivity index (χ0v) is 18.1. The highest BCUT2D eigenvalue weighted by Crippen LogP contribution is 2.29. The Labute approximate surface area is 192 Å². The lowest BCUT2D eigenvalue weighted by molar-refractivity contribution is -0.385. The first-order valence-electron chi connectivity index (χ1n) is 9.98. The SMILES string of the molecule is O=C(NCC(c1ccccc1Cl)N1CCOCC1)c1cc(OCC(F)(F)F)ccc1[N+](=O)[O-]. The number of carbonyl (C=O) groups excluding carboxylic acids is 1. The number of hydrogen-bond acceptors (Lipinski definition) is 6. The van der Waals surface area contributed by atoms with Crippen LogP contribution in [0.1, 0.15) is 22.0 Å². The highest BCUT2D eigenvalue weighted by atomic mass is 35.5. The number of hydrogen-bond donors (Lipinski definition) is 1. The van der Waals surface area contributed by atoms with Gasteiger partial charge in [-0.15, -0.1) is 0 Å². The molecule has 1 unspecified atom stereocenters. The first kappa shape index (κ1) is 24.7. The van der Waals surface area contributed by atoms with Crippen molar-refractivity contribution in [3.63, 3.8) is 0 Å². The summed E-state index contributed by atoms with van der Waals surface area (Å²) < 4.78 is 47.4. The number of ether oxygens (including phenoxy) is 2. The second-order valence-electron chi connectivity index (χ2n) is 7.24. The number of morpholine rings is 1.